The van der Waals surface area contributed by atoms with E-state index in [2.05, 4.69) is 15.0 Å². The molecule has 1 amide bonds. The second-order valence-corrected chi connectivity index (χ2v) is 5.82. The van der Waals surface area contributed by atoms with Crippen molar-refractivity contribution < 1.29 is 4.79 Å². The lowest BCUT2D eigenvalue weighted by Gasteiger charge is -2.22. The van der Waals surface area contributed by atoms with Crippen LogP contribution in [-0.2, 0) is 4.79 Å². The van der Waals surface area contributed by atoms with E-state index in [-0.39, 0.29) is 11.9 Å². The van der Waals surface area contributed by atoms with E-state index in [9.17, 15) is 4.79 Å². The van der Waals surface area contributed by atoms with Crippen LogP contribution in [0.25, 0.3) is 10.6 Å². The maximum Gasteiger partial charge on any atom is 0.220 e. The summed E-state index contributed by atoms with van der Waals surface area (Å²) in [4.78, 5) is 27.2. The van der Waals surface area contributed by atoms with Gasteiger partial charge in [0.1, 0.15) is 5.69 Å². The van der Waals surface area contributed by atoms with Crippen LogP contribution >= 0.6 is 11.3 Å². The molecule has 1 atom stereocenters. The first kappa shape index (κ1) is 13.0. The molecule has 20 heavy (non-hydrogen) atoms. The standard InChI is InChI=1S/C13H15N5OS/c1-8(19)18-4-2-3-11(18)9-5-16-10(6-15-9)12-7-17-13(14)20-12/h5-7,11H,2-4H2,1H3,(H2,14,17). The molecular weight excluding hydrogens is 274 g/mol. The van der Waals surface area contributed by atoms with E-state index in [1.54, 1.807) is 25.5 Å². The van der Waals surface area contributed by atoms with Gasteiger partial charge in [-0.05, 0) is 12.8 Å². The topological polar surface area (TPSA) is 85.0 Å². The number of anilines is 1. The smallest absolute Gasteiger partial charge is 0.220 e. The van der Waals surface area contributed by atoms with Crippen molar-refractivity contribution in [1.82, 2.24) is 19.9 Å². The molecule has 2 aromatic heterocycles. The van der Waals surface area contributed by atoms with Gasteiger partial charge in [-0.1, -0.05) is 11.3 Å². The van der Waals surface area contributed by atoms with Crippen molar-refractivity contribution in [1.29, 1.82) is 0 Å². The number of aromatic nitrogens is 3. The molecule has 0 spiro atoms. The molecule has 0 bridgehead atoms. The van der Waals surface area contributed by atoms with Crippen molar-refractivity contribution >= 4 is 22.4 Å². The minimum atomic E-state index is 0.0561. The Balaban J connectivity index is 1.84. The number of nitrogens with zero attached hydrogens (tertiary/aromatic N) is 4. The molecule has 6 nitrogen and oxygen atoms in total. The molecule has 2 aromatic rings. The summed E-state index contributed by atoms with van der Waals surface area (Å²) in [6, 6.07) is 0.0561. The highest BCUT2D eigenvalue weighted by Gasteiger charge is 2.29. The summed E-state index contributed by atoms with van der Waals surface area (Å²) >= 11 is 1.38. The van der Waals surface area contributed by atoms with E-state index in [4.69, 9.17) is 5.73 Å². The van der Waals surface area contributed by atoms with Crippen molar-refractivity contribution in [2.75, 3.05) is 12.3 Å². The maximum atomic E-state index is 11.6. The molecule has 0 radical (unpaired) electrons. The molecule has 0 saturated carbocycles. The molecule has 1 aliphatic rings. The second kappa shape index (κ2) is 5.16. The lowest BCUT2D eigenvalue weighted by Crippen LogP contribution is -2.28. The molecule has 7 heteroatoms. The van der Waals surface area contributed by atoms with Crippen LogP contribution in [0.1, 0.15) is 31.5 Å². The van der Waals surface area contributed by atoms with Gasteiger partial charge < -0.3 is 10.6 Å². The molecule has 0 aliphatic carbocycles. The molecule has 3 rings (SSSR count). The summed E-state index contributed by atoms with van der Waals surface area (Å²) in [5.74, 6) is 0.0913. The Hall–Kier alpha value is -2.02. The largest absolute Gasteiger partial charge is 0.375 e. The molecule has 1 fully saturated rings. The lowest BCUT2D eigenvalue weighted by atomic mass is 10.1. The number of carbonyl (C=O) groups is 1. The Morgan fingerprint density at radius 2 is 2.20 bits per heavy atom. The normalized spacial score (nSPS) is 18.4. The number of likely N-dealkylation sites (tertiary alicyclic amines) is 1. The molecule has 1 saturated heterocycles. The van der Waals surface area contributed by atoms with Crippen molar-refractivity contribution in [2.45, 2.75) is 25.8 Å². The molecule has 3 heterocycles. The van der Waals surface area contributed by atoms with Crippen molar-refractivity contribution in [3.05, 3.63) is 24.3 Å². The molecule has 0 aromatic carbocycles. The summed E-state index contributed by atoms with van der Waals surface area (Å²) in [6.45, 7) is 2.40. The van der Waals surface area contributed by atoms with E-state index in [1.807, 2.05) is 4.90 Å². The zero-order chi connectivity index (χ0) is 14.1. The quantitative estimate of drug-likeness (QED) is 0.912. The van der Waals surface area contributed by atoms with E-state index in [0.717, 1.165) is 35.7 Å². The Morgan fingerprint density at radius 1 is 1.35 bits per heavy atom. The van der Waals surface area contributed by atoms with Crippen LogP contribution < -0.4 is 5.73 Å². The fourth-order valence-corrected chi connectivity index (χ4v) is 3.14. The van der Waals surface area contributed by atoms with E-state index >= 15 is 0 Å². The van der Waals surface area contributed by atoms with Gasteiger partial charge in [0.2, 0.25) is 5.91 Å². The molecule has 1 unspecified atom stereocenters. The molecular formula is C13H15N5OS. The van der Waals surface area contributed by atoms with Crippen LogP contribution in [0, 0.1) is 0 Å². The van der Waals surface area contributed by atoms with Gasteiger partial charge >= 0.3 is 0 Å². The van der Waals surface area contributed by atoms with Crippen LogP contribution in [0.5, 0.6) is 0 Å². The summed E-state index contributed by atoms with van der Waals surface area (Å²) in [5.41, 5.74) is 7.22. The average molecular weight is 289 g/mol. The third-order valence-corrected chi connectivity index (χ3v) is 4.30. The van der Waals surface area contributed by atoms with Crippen LogP contribution in [0.3, 0.4) is 0 Å². The van der Waals surface area contributed by atoms with Gasteiger partial charge in [-0.15, -0.1) is 0 Å². The van der Waals surface area contributed by atoms with E-state index < -0.39 is 0 Å². The highest BCUT2D eigenvalue weighted by Crippen LogP contribution is 2.31. The lowest BCUT2D eigenvalue weighted by molar-refractivity contribution is -0.129. The van der Waals surface area contributed by atoms with Crippen LogP contribution in [-0.4, -0.2) is 32.3 Å². The number of hydrogen-bond acceptors (Lipinski definition) is 6. The first-order valence-corrected chi connectivity index (χ1v) is 7.27. The van der Waals surface area contributed by atoms with Crippen LogP contribution in [0.2, 0.25) is 0 Å². The summed E-state index contributed by atoms with van der Waals surface area (Å²) < 4.78 is 0. The first-order valence-electron chi connectivity index (χ1n) is 6.46. The Kier molecular flexibility index (Phi) is 3.35. The van der Waals surface area contributed by atoms with Gasteiger partial charge in [0.25, 0.3) is 0 Å². The maximum absolute atomic E-state index is 11.6. The number of thiazole rings is 1. The number of nitrogen functional groups attached to an aromatic ring is 1. The third kappa shape index (κ3) is 2.36. The summed E-state index contributed by atoms with van der Waals surface area (Å²) in [7, 11) is 0. The number of amides is 1. The summed E-state index contributed by atoms with van der Waals surface area (Å²) in [5, 5.41) is 0.518. The molecule has 2 N–H and O–H groups in total. The van der Waals surface area contributed by atoms with Crippen molar-refractivity contribution in [3.8, 4) is 10.6 Å². The number of rotatable bonds is 2. The van der Waals surface area contributed by atoms with Gasteiger partial charge in [0, 0.05) is 19.7 Å². The minimum Gasteiger partial charge on any atom is -0.375 e. The minimum absolute atomic E-state index is 0.0561. The molecule has 1 aliphatic heterocycles. The van der Waals surface area contributed by atoms with Gasteiger partial charge in [-0.25, -0.2) is 4.98 Å². The van der Waals surface area contributed by atoms with Gasteiger partial charge in [-0.2, -0.15) is 0 Å². The predicted octanol–water partition coefficient (Wildman–Crippen LogP) is 1.87. The Bertz CT molecular complexity index is 624. The predicted molar refractivity (Wildman–Crippen MR) is 76.9 cm³/mol. The first-order chi connectivity index (χ1) is 9.65. The highest BCUT2D eigenvalue weighted by atomic mass is 32.1. The SMILES string of the molecule is CC(=O)N1CCCC1c1cnc(-c2cnc(N)s2)cn1. The fourth-order valence-electron chi connectivity index (χ4n) is 2.49. The van der Waals surface area contributed by atoms with Crippen molar-refractivity contribution in [3.63, 3.8) is 0 Å². The molecule has 104 valence electrons. The number of carbonyl (C=O) groups excluding carboxylic acids is 1. The Morgan fingerprint density at radius 3 is 2.80 bits per heavy atom. The van der Waals surface area contributed by atoms with Gasteiger partial charge in [-0.3, -0.25) is 14.8 Å². The second-order valence-electron chi connectivity index (χ2n) is 4.76. The number of nitrogens with two attached hydrogens (primary N) is 1. The fraction of sp³-hybridized carbons (Fsp3) is 0.385. The monoisotopic (exact) mass is 289 g/mol. The third-order valence-electron chi connectivity index (χ3n) is 3.45. The number of hydrogen-bond donors (Lipinski definition) is 1. The van der Waals surface area contributed by atoms with E-state index in [0.29, 0.717) is 5.13 Å². The zero-order valence-electron chi connectivity index (χ0n) is 11.1. The van der Waals surface area contributed by atoms with Gasteiger partial charge in [0.15, 0.2) is 5.13 Å². The average Bonchev–Trinajstić information content (AvgIpc) is 3.07. The Labute approximate surface area is 120 Å². The van der Waals surface area contributed by atoms with E-state index in [1.165, 1.54) is 11.3 Å². The zero-order valence-corrected chi connectivity index (χ0v) is 11.9. The van der Waals surface area contributed by atoms with Crippen LogP contribution in [0.15, 0.2) is 18.6 Å². The van der Waals surface area contributed by atoms with Crippen LogP contribution in [0.4, 0.5) is 5.13 Å². The van der Waals surface area contributed by atoms with Crippen molar-refractivity contribution in [2.24, 2.45) is 0 Å². The van der Waals surface area contributed by atoms with Gasteiger partial charge in [0.05, 0.1) is 29.0 Å². The summed E-state index contributed by atoms with van der Waals surface area (Å²) in [6.07, 6.45) is 7.12. The highest BCUT2D eigenvalue weighted by molar-refractivity contribution is 7.18.